The number of hydrogen-bond acceptors (Lipinski definition) is 5. The number of anilines is 1. The van der Waals surface area contributed by atoms with Crippen molar-refractivity contribution in [3.63, 3.8) is 0 Å². The van der Waals surface area contributed by atoms with Crippen molar-refractivity contribution in [2.45, 2.75) is 44.8 Å². The van der Waals surface area contributed by atoms with Crippen molar-refractivity contribution in [3.05, 3.63) is 35.6 Å². The third kappa shape index (κ3) is 4.67. The zero-order valence-electron chi connectivity index (χ0n) is 16.9. The van der Waals surface area contributed by atoms with E-state index in [1.54, 1.807) is 6.07 Å². The fraction of sp³-hybridized carbons (Fsp3) is 0.545. The van der Waals surface area contributed by atoms with Gasteiger partial charge in [0.1, 0.15) is 18.2 Å². The Bertz CT molecular complexity index is 874. The topological polar surface area (TPSA) is 71.7 Å². The van der Waals surface area contributed by atoms with Crippen molar-refractivity contribution >= 4 is 22.6 Å². The molecule has 6 nitrogen and oxygen atoms in total. The normalized spacial score (nSPS) is 22.9. The number of halogens is 1. The summed E-state index contributed by atoms with van der Waals surface area (Å²) < 4.78 is 19.3. The second-order valence-corrected chi connectivity index (χ2v) is 8.17. The van der Waals surface area contributed by atoms with Crippen molar-refractivity contribution < 1.29 is 13.9 Å². The number of nitrogens with two attached hydrogens (primary N) is 1. The molecule has 0 unspecified atom stereocenters. The van der Waals surface area contributed by atoms with Gasteiger partial charge in [-0.05, 0) is 62.4 Å². The van der Waals surface area contributed by atoms with Crippen LogP contribution in [-0.4, -0.2) is 60.7 Å². The number of aryl methyl sites for hydroxylation is 1. The van der Waals surface area contributed by atoms with E-state index in [4.69, 9.17) is 15.5 Å². The Morgan fingerprint density at radius 3 is 2.62 bits per heavy atom. The Morgan fingerprint density at radius 2 is 1.90 bits per heavy atom. The SMILES string of the molecule is Cc1cc(N2CCN(C(=O)CO[C@H]3CC[C@H](N)CC3)CC2)nc2ccc(F)cc12. The highest BCUT2D eigenvalue weighted by molar-refractivity contribution is 5.84. The molecule has 29 heavy (non-hydrogen) atoms. The van der Waals surface area contributed by atoms with Crippen LogP contribution >= 0.6 is 0 Å². The van der Waals surface area contributed by atoms with Gasteiger partial charge in [0.15, 0.2) is 0 Å². The van der Waals surface area contributed by atoms with Crippen molar-refractivity contribution in [2.75, 3.05) is 37.7 Å². The quantitative estimate of drug-likeness (QED) is 0.854. The van der Waals surface area contributed by atoms with E-state index in [9.17, 15) is 9.18 Å². The molecular formula is C22H29FN4O2. The molecule has 4 rings (SSSR count). The number of carbonyl (C=O) groups excluding carboxylic acids is 1. The summed E-state index contributed by atoms with van der Waals surface area (Å²) >= 11 is 0. The van der Waals surface area contributed by atoms with Crippen LogP contribution in [0.25, 0.3) is 10.9 Å². The summed E-state index contributed by atoms with van der Waals surface area (Å²) in [6.07, 6.45) is 4.00. The number of aromatic nitrogens is 1. The van der Waals surface area contributed by atoms with Gasteiger partial charge in [0.2, 0.25) is 5.91 Å². The van der Waals surface area contributed by atoms with E-state index in [1.165, 1.54) is 12.1 Å². The smallest absolute Gasteiger partial charge is 0.248 e. The van der Waals surface area contributed by atoms with Gasteiger partial charge in [-0.3, -0.25) is 4.79 Å². The molecule has 1 saturated heterocycles. The van der Waals surface area contributed by atoms with Crippen LogP contribution < -0.4 is 10.6 Å². The van der Waals surface area contributed by atoms with E-state index in [2.05, 4.69) is 4.90 Å². The first-order chi connectivity index (χ1) is 14.0. The number of fused-ring (bicyclic) bond motifs is 1. The zero-order chi connectivity index (χ0) is 20.4. The van der Waals surface area contributed by atoms with Crippen molar-refractivity contribution in [1.29, 1.82) is 0 Å². The van der Waals surface area contributed by atoms with Crippen molar-refractivity contribution in [1.82, 2.24) is 9.88 Å². The van der Waals surface area contributed by atoms with Crippen LogP contribution in [0.2, 0.25) is 0 Å². The molecule has 0 spiro atoms. The highest BCUT2D eigenvalue weighted by Crippen LogP contribution is 2.24. The van der Waals surface area contributed by atoms with Crippen LogP contribution in [0.5, 0.6) is 0 Å². The molecule has 1 aliphatic heterocycles. The minimum Gasteiger partial charge on any atom is -0.368 e. The summed E-state index contributed by atoms with van der Waals surface area (Å²) in [5, 5.41) is 0.836. The maximum absolute atomic E-state index is 13.5. The van der Waals surface area contributed by atoms with Gasteiger partial charge in [-0.1, -0.05) is 0 Å². The third-order valence-electron chi connectivity index (χ3n) is 6.08. The maximum Gasteiger partial charge on any atom is 0.248 e. The van der Waals surface area contributed by atoms with E-state index >= 15 is 0 Å². The van der Waals surface area contributed by atoms with E-state index in [0.717, 1.165) is 61.1 Å². The summed E-state index contributed by atoms with van der Waals surface area (Å²) in [6, 6.07) is 6.96. The van der Waals surface area contributed by atoms with Crippen molar-refractivity contribution in [2.24, 2.45) is 5.73 Å². The van der Waals surface area contributed by atoms with E-state index in [0.29, 0.717) is 13.1 Å². The van der Waals surface area contributed by atoms with Gasteiger partial charge in [-0.25, -0.2) is 9.37 Å². The molecule has 1 aromatic carbocycles. The first kappa shape index (κ1) is 20.0. The lowest BCUT2D eigenvalue weighted by molar-refractivity contribution is -0.139. The molecule has 0 radical (unpaired) electrons. The number of nitrogens with zero attached hydrogens (tertiary/aromatic N) is 3. The molecule has 2 fully saturated rings. The number of amides is 1. The number of hydrogen-bond donors (Lipinski definition) is 1. The van der Waals surface area contributed by atoms with Gasteiger partial charge in [-0.15, -0.1) is 0 Å². The molecule has 1 aromatic heterocycles. The largest absolute Gasteiger partial charge is 0.368 e. The lowest BCUT2D eigenvalue weighted by Gasteiger charge is -2.36. The standard InChI is InChI=1S/C22H29FN4O2/c1-15-12-21(25-20-7-2-16(23)13-19(15)20)26-8-10-27(11-9-26)22(28)14-29-18-5-3-17(24)4-6-18/h2,7,12-13,17-18H,3-6,8-11,14,24H2,1H3/t17-,18-. The summed E-state index contributed by atoms with van der Waals surface area (Å²) in [6.45, 7) is 4.88. The van der Waals surface area contributed by atoms with Gasteiger partial charge >= 0.3 is 0 Å². The van der Waals surface area contributed by atoms with Crippen LogP contribution in [0.1, 0.15) is 31.2 Å². The highest BCUT2D eigenvalue weighted by Gasteiger charge is 2.24. The van der Waals surface area contributed by atoms with Gasteiger partial charge in [0.05, 0.1) is 11.6 Å². The van der Waals surface area contributed by atoms with E-state index in [1.807, 2.05) is 17.9 Å². The fourth-order valence-corrected chi connectivity index (χ4v) is 4.23. The van der Waals surface area contributed by atoms with Gasteiger partial charge in [0, 0.05) is 37.6 Å². The first-order valence-electron chi connectivity index (χ1n) is 10.5. The molecule has 2 heterocycles. The van der Waals surface area contributed by atoms with Gasteiger partial charge in [-0.2, -0.15) is 0 Å². The molecule has 0 atom stereocenters. The zero-order valence-corrected chi connectivity index (χ0v) is 16.9. The number of ether oxygens (including phenoxy) is 1. The third-order valence-corrected chi connectivity index (χ3v) is 6.08. The lowest BCUT2D eigenvalue weighted by atomic mass is 9.94. The monoisotopic (exact) mass is 400 g/mol. The van der Waals surface area contributed by atoms with E-state index in [-0.39, 0.29) is 30.5 Å². The van der Waals surface area contributed by atoms with Crippen LogP contribution in [0, 0.1) is 12.7 Å². The number of carbonyl (C=O) groups is 1. The van der Waals surface area contributed by atoms with Crippen LogP contribution in [0.15, 0.2) is 24.3 Å². The molecule has 2 aliphatic rings. The molecule has 2 aromatic rings. The molecule has 1 amide bonds. The van der Waals surface area contributed by atoms with Gasteiger partial charge in [0.25, 0.3) is 0 Å². The molecule has 7 heteroatoms. The molecule has 156 valence electrons. The Kier molecular flexibility index (Phi) is 5.96. The minimum absolute atomic E-state index is 0.0534. The fourth-order valence-electron chi connectivity index (χ4n) is 4.23. The lowest BCUT2D eigenvalue weighted by Crippen LogP contribution is -2.50. The minimum atomic E-state index is -0.249. The predicted octanol–water partition coefficient (Wildman–Crippen LogP) is 2.62. The maximum atomic E-state index is 13.5. The van der Waals surface area contributed by atoms with E-state index < -0.39 is 0 Å². The number of pyridine rings is 1. The number of piperazine rings is 1. The van der Waals surface area contributed by atoms with Crippen LogP contribution in [0.4, 0.5) is 10.2 Å². The summed E-state index contributed by atoms with van der Waals surface area (Å²) in [5.41, 5.74) is 7.72. The first-order valence-corrected chi connectivity index (χ1v) is 10.5. The second-order valence-electron chi connectivity index (χ2n) is 8.17. The number of rotatable bonds is 4. The van der Waals surface area contributed by atoms with Crippen molar-refractivity contribution in [3.8, 4) is 0 Å². The summed E-state index contributed by atoms with van der Waals surface area (Å²) in [7, 11) is 0. The average molecular weight is 400 g/mol. The Balaban J connectivity index is 1.31. The second kappa shape index (κ2) is 8.63. The van der Waals surface area contributed by atoms with Gasteiger partial charge < -0.3 is 20.3 Å². The highest BCUT2D eigenvalue weighted by atomic mass is 19.1. The summed E-state index contributed by atoms with van der Waals surface area (Å²) in [5.74, 6) is 0.682. The number of benzene rings is 1. The van der Waals surface area contributed by atoms with Crippen LogP contribution in [0.3, 0.4) is 0 Å². The summed E-state index contributed by atoms with van der Waals surface area (Å²) in [4.78, 5) is 21.3. The molecule has 1 saturated carbocycles. The average Bonchev–Trinajstić information content (AvgIpc) is 2.73. The molecule has 2 N–H and O–H groups in total. The molecule has 0 bridgehead atoms. The molecule has 1 aliphatic carbocycles. The predicted molar refractivity (Wildman–Crippen MR) is 111 cm³/mol. The Labute approximate surface area is 170 Å². The van der Waals surface area contributed by atoms with Crippen LogP contribution in [-0.2, 0) is 9.53 Å². The Morgan fingerprint density at radius 1 is 1.17 bits per heavy atom. The molecular weight excluding hydrogens is 371 g/mol. The Hall–Kier alpha value is -2.25.